The number of nitrogens with two attached hydrogens (primary N) is 1. The number of ether oxygens (including phenoxy) is 4. The lowest BCUT2D eigenvalue weighted by atomic mass is 9.82. The fraction of sp³-hybridized carbons (Fsp3) is 0.556. The van der Waals surface area contributed by atoms with Crippen LogP contribution in [0.4, 0.5) is 0 Å². The molecule has 0 bridgehead atoms. The molecule has 0 radical (unpaired) electrons. The Kier molecular flexibility index (Phi) is 11.8. The van der Waals surface area contributed by atoms with Crippen molar-refractivity contribution in [2.24, 2.45) is 17.6 Å². The van der Waals surface area contributed by atoms with Gasteiger partial charge in [-0.2, -0.15) is 0 Å². The van der Waals surface area contributed by atoms with Crippen LogP contribution in [-0.4, -0.2) is 78.7 Å². The summed E-state index contributed by atoms with van der Waals surface area (Å²) in [6.45, 7) is 3.14. The van der Waals surface area contributed by atoms with E-state index in [9.17, 15) is 20.4 Å². The molecule has 2 saturated heterocycles. The number of allylic oxidation sites excluding steroid dienone is 2. The van der Waals surface area contributed by atoms with Crippen molar-refractivity contribution in [2.45, 2.75) is 82.3 Å². The van der Waals surface area contributed by atoms with E-state index < -0.39 is 12.2 Å². The number of methoxy groups -OCH3 is 2. The van der Waals surface area contributed by atoms with Crippen molar-refractivity contribution in [2.75, 3.05) is 34.0 Å². The van der Waals surface area contributed by atoms with E-state index in [2.05, 4.69) is 23.6 Å². The topological polar surface area (TPSA) is 168 Å². The van der Waals surface area contributed by atoms with Crippen LogP contribution < -0.4 is 30.6 Å². The maximum Gasteiger partial charge on any atom is 0.200 e. The highest BCUT2D eigenvalue weighted by Gasteiger charge is 2.39. The standard InChI is InChI=1S/C36H51N3O8/c1-21-4-7-24(14-23-10-12-38-34(37)16-23)28(39-21)20-46-33-18-25(17-32(45-3)35(33)43)36-27(11-13-40)30(42)19-26(47-36)8-5-22-6-9-29(41)31(15-22)44-2/h6,9-10,15-18,21,24,26-28,30,36,38-43H,4-5,7-8,11-14,19-20,37H2,1-3H3/t21-,24+,26-,27-,28+,30-,36+/m0/s1. The minimum absolute atomic E-state index is 0.0519. The van der Waals surface area contributed by atoms with Crippen LogP contribution in [0.2, 0.25) is 0 Å². The molecule has 3 heterocycles. The second kappa shape index (κ2) is 16.0. The zero-order valence-corrected chi connectivity index (χ0v) is 27.7. The predicted molar refractivity (Wildman–Crippen MR) is 179 cm³/mol. The monoisotopic (exact) mass is 653 g/mol. The minimum atomic E-state index is -0.703. The van der Waals surface area contributed by atoms with Crippen molar-refractivity contribution in [1.82, 2.24) is 10.6 Å². The number of hydrogen-bond acceptors (Lipinski definition) is 11. The zero-order valence-electron chi connectivity index (χ0n) is 27.7. The summed E-state index contributed by atoms with van der Waals surface area (Å²) in [6.07, 6.45) is 7.68. The van der Waals surface area contributed by atoms with E-state index in [0.29, 0.717) is 61.4 Å². The number of phenolic OH excluding ortho intramolecular Hbond substituents is 2. The van der Waals surface area contributed by atoms with Gasteiger partial charge in [0.15, 0.2) is 23.0 Å². The SMILES string of the molecule is COc1cc(CC[C@H]2C[C@H](O)[C@H](CCO)[C@@H](c3cc(OC)c(O)c(OC[C@H]4N[C@@H](C)CC[C@@H]4CC4=CCNC(N)=C4)c3)O2)ccc1O. The number of rotatable bonds is 13. The quantitative estimate of drug-likeness (QED) is 0.168. The Hall–Kier alpha value is -3.64. The first-order chi connectivity index (χ1) is 22.7. The molecule has 2 aromatic rings. The Morgan fingerprint density at radius 2 is 1.81 bits per heavy atom. The van der Waals surface area contributed by atoms with Crippen molar-refractivity contribution < 1.29 is 39.4 Å². The van der Waals surface area contributed by atoms with Gasteiger partial charge in [-0.3, -0.25) is 0 Å². The van der Waals surface area contributed by atoms with Gasteiger partial charge < -0.3 is 55.7 Å². The van der Waals surface area contributed by atoms with E-state index in [1.165, 1.54) is 19.8 Å². The van der Waals surface area contributed by atoms with Gasteiger partial charge in [0.05, 0.1) is 38.4 Å². The third-order valence-corrected chi connectivity index (χ3v) is 9.76. The Balaban J connectivity index is 1.34. The lowest BCUT2D eigenvalue weighted by Gasteiger charge is -2.40. The summed E-state index contributed by atoms with van der Waals surface area (Å²) in [6, 6.07) is 9.15. The molecule has 47 heavy (non-hydrogen) atoms. The number of aliphatic hydroxyl groups is 2. The highest BCUT2D eigenvalue weighted by atomic mass is 16.5. The number of aromatic hydroxyl groups is 2. The molecule has 11 heteroatoms. The molecule has 3 aliphatic heterocycles. The lowest BCUT2D eigenvalue weighted by molar-refractivity contribution is -0.144. The molecule has 5 rings (SSSR count). The molecule has 0 amide bonds. The van der Waals surface area contributed by atoms with E-state index in [0.717, 1.165) is 31.4 Å². The van der Waals surface area contributed by atoms with E-state index >= 15 is 0 Å². The van der Waals surface area contributed by atoms with Crippen LogP contribution in [0.15, 0.2) is 53.9 Å². The van der Waals surface area contributed by atoms with Crippen LogP contribution in [-0.2, 0) is 11.2 Å². The van der Waals surface area contributed by atoms with E-state index in [4.69, 9.17) is 24.7 Å². The number of phenols is 2. The number of benzene rings is 2. The fourth-order valence-electron chi connectivity index (χ4n) is 7.16. The molecular weight excluding hydrogens is 602 g/mol. The number of nitrogens with one attached hydrogen (secondary N) is 2. The van der Waals surface area contributed by atoms with Crippen LogP contribution >= 0.6 is 0 Å². The number of dihydropyridines is 1. The van der Waals surface area contributed by atoms with Crippen molar-refractivity contribution in [3.63, 3.8) is 0 Å². The van der Waals surface area contributed by atoms with Gasteiger partial charge in [0.25, 0.3) is 0 Å². The third kappa shape index (κ3) is 8.64. The van der Waals surface area contributed by atoms with E-state index in [1.807, 2.05) is 12.1 Å². The second-order valence-electron chi connectivity index (χ2n) is 13.1. The maximum atomic E-state index is 11.3. The van der Waals surface area contributed by atoms with Gasteiger partial charge in [-0.1, -0.05) is 12.1 Å². The third-order valence-electron chi connectivity index (χ3n) is 9.76. The summed E-state index contributed by atoms with van der Waals surface area (Å²) in [5, 5.41) is 49.1. The summed E-state index contributed by atoms with van der Waals surface area (Å²) in [7, 11) is 3.01. The molecule has 11 nitrogen and oxygen atoms in total. The predicted octanol–water partition coefficient (Wildman–Crippen LogP) is 3.79. The normalized spacial score (nSPS) is 27.7. The van der Waals surface area contributed by atoms with Crippen LogP contribution in [0.3, 0.4) is 0 Å². The molecule has 0 aromatic heterocycles. The summed E-state index contributed by atoms with van der Waals surface area (Å²) in [5.74, 6) is 1.56. The molecular formula is C36H51N3O8. The Labute approximate surface area is 277 Å². The number of hydrogen-bond donors (Lipinski definition) is 7. The molecule has 0 saturated carbocycles. The number of aliphatic hydroxyl groups excluding tert-OH is 2. The van der Waals surface area contributed by atoms with Gasteiger partial charge in [-0.25, -0.2) is 0 Å². The van der Waals surface area contributed by atoms with Crippen molar-refractivity contribution >= 4 is 0 Å². The Morgan fingerprint density at radius 3 is 2.55 bits per heavy atom. The van der Waals surface area contributed by atoms with Gasteiger partial charge in [-0.15, -0.1) is 0 Å². The van der Waals surface area contributed by atoms with Crippen LogP contribution in [0.25, 0.3) is 0 Å². The van der Waals surface area contributed by atoms with Crippen molar-refractivity contribution in [3.05, 3.63) is 65.0 Å². The maximum absolute atomic E-state index is 11.3. The number of piperidine rings is 1. The summed E-state index contributed by atoms with van der Waals surface area (Å²) >= 11 is 0. The molecule has 8 N–H and O–H groups in total. The first kappa shape index (κ1) is 34.7. The summed E-state index contributed by atoms with van der Waals surface area (Å²) in [5.41, 5.74) is 8.91. The molecule has 258 valence electrons. The van der Waals surface area contributed by atoms with Gasteiger partial charge >= 0.3 is 0 Å². The molecule has 7 atom stereocenters. The summed E-state index contributed by atoms with van der Waals surface area (Å²) in [4.78, 5) is 0. The van der Waals surface area contributed by atoms with Crippen LogP contribution in [0.5, 0.6) is 28.7 Å². The summed E-state index contributed by atoms with van der Waals surface area (Å²) < 4.78 is 23.8. The highest BCUT2D eigenvalue weighted by Crippen LogP contribution is 2.45. The van der Waals surface area contributed by atoms with Gasteiger partial charge in [0.1, 0.15) is 6.61 Å². The average Bonchev–Trinajstić information content (AvgIpc) is 3.06. The lowest BCUT2D eigenvalue weighted by Crippen LogP contribution is -2.49. The minimum Gasteiger partial charge on any atom is -0.504 e. The molecule has 0 aliphatic carbocycles. The molecule has 3 aliphatic rings. The first-order valence-electron chi connectivity index (χ1n) is 16.7. The largest absolute Gasteiger partial charge is 0.504 e. The Bertz CT molecular complexity index is 1410. The van der Waals surface area contributed by atoms with Gasteiger partial charge in [0, 0.05) is 31.2 Å². The van der Waals surface area contributed by atoms with Gasteiger partial charge in [-0.05, 0) is 105 Å². The first-order valence-corrected chi connectivity index (χ1v) is 16.7. The van der Waals surface area contributed by atoms with Crippen molar-refractivity contribution in [3.8, 4) is 28.7 Å². The van der Waals surface area contributed by atoms with E-state index in [1.54, 1.807) is 24.3 Å². The second-order valence-corrected chi connectivity index (χ2v) is 13.1. The number of aryl methyl sites for hydroxylation is 1. The fourth-order valence-corrected chi connectivity index (χ4v) is 7.16. The van der Waals surface area contributed by atoms with E-state index in [-0.39, 0.29) is 47.7 Å². The molecule has 0 unspecified atom stereocenters. The van der Waals surface area contributed by atoms with Crippen LogP contribution in [0, 0.1) is 11.8 Å². The zero-order chi connectivity index (χ0) is 33.5. The molecule has 2 aromatic carbocycles. The van der Waals surface area contributed by atoms with Crippen LogP contribution in [0.1, 0.15) is 62.7 Å². The average molecular weight is 654 g/mol. The highest BCUT2D eigenvalue weighted by molar-refractivity contribution is 5.53. The van der Waals surface area contributed by atoms with Crippen molar-refractivity contribution in [1.29, 1.82) is 0 Å². The smallest absolute Gasteiger partial charge is 0.200 e. The Morgan fingerprint density at radius 1 is 1.02 bits per heavy atom. The molecule has 2 fully saturated rings. The molecule has 0 spiro atoms. The van der Waals surface area contributed by atoms with Gasteiger partial charge in [0.2, 0.25) is 5.75 Å².